The van der Waals surface area contributed by atoms with E-state index in [1.807, 2.05) is 30.3 Å². The molecule has 3 rings (SSSR count). The summed E-state index contributed by atoms with van der Waals surface area (Å²) < 4.78 is 19.3. The minimum Gasteiger partial charge on any atom is -0.440 e. The van der Waals surface area contributed by atoms with Gasteiger partial charge in [-0.1, -0.05) is 30.3 Å². The van der Waals surface area contributed by atoms with Gasteiger partial charge in [0.25, 0.3) is 0 Å². The third-order valence-electron chi connectivity index (χ3n) is 2.92. The number of anilines is 1. The number of hydrogen-bond acceptors (Lipinski definition) is 4. The van der Waals surface area contributed by atoms with Crippen molar-refractivity contribution in [2.75, 3.05) is 5.73 Å². The quantitative estimate of drug-likeness (QED) is 0.574. The predicted molar refractivity (Wildman–Crippen MR) is 82.3 cm³/mol. The number of benzene rings is 2. The molecule has 0 spiro atoms. The fourth-order valence-corrected chi connectivity index (χ4v) is 2.66. The van der Waals surface area contributed by atoms with Gasteiger partial charge in [0.1, 0.15) is 5.82 Å². The largest absolute Gasteiger partial charge is 0.440 e. The highest BCUT2D eigenvalue weighted by atomic mass is 32.2. The van der Waals surface area contributed by atoms with E-state index in [1.165, 1.54) is 17.8 Å². The maximum Gasteiger partial charge on any atom is 0.205 e. The summed E-state index contributed by atoms with van der Waals surface area (Å²) in [4.78, 5) is 4.75. The van der Waals surface area contributed by atoms with Crippen LogP contribution in [0.3, 0.4) is 0 Å². The van der Waals surface area contributed by atoms with Crippen molar-refractivity contribution in [3.63, 3.8) is 0 Å². The smallest absolute Gasteiger partial charge is 0.205 e. The van der Waals surface area contributed by atoms with E-state index < -0.39 is 0 Å². The molecule has 0 amide bonds. The Balaban J connectivity index is 1.70. The summed E-state index contributed by atoms with van der Waals surface area (Å²) in [6, 6.07) is 14.4. The molecule has 0 saturated carbocycles. The second-order valence-corrected chi connectivity index (χ2v) is 5.48. The molecule has 0 atom stereocenters. The predicted octanol–water partition coefficient (Wildman–Crippen LogP) is 4.36. The standard InChI is InChI=1S/C16H13FN2OS/c17-13-8-12(18)6-7-15(13)21-10-16-19-9-14(20-16)11-4-2-1-3-5-11/h1-9H,10,18H2. The van der Waals surface area contributed by atoms with E-state index in [1.54, 1.807) is 18.3 Å². The van der Waals surface area contributed by atoms with Gasteiger partial charge in [0, 0.05) is 16.1 Å². The van der Waals surface area contributed by atoms with Gasteiger partial charge in [0.2, 0.25) is 5.89 Å². The average molecular weight is 300 g/mol. The molecule has 0 saturated heterocycles. The van der Waals surface area contributed by atoms with Crippen molar-refractivity contribution in [1.82, 2.24) is 4.98 Å². The Kier molecular flexibility index (Phi) is 3.92. The molecule has 3 nitrogen and oxygen atoms in total. The van der Waals surface area contributed by atoms with Crippen LogP contribution in [0.25, 0.3) is 11.3 Å². The third-order valence-corrected chi connectivity index (χ3v) is 3.95. The van der Waals surface area contributed by atoms with Crippen molar-refractivity contribution in [1.29, 1.82) is 0 Å². The van der Waals surface area contributed by atoms with E-state index in [4.69, 9.17) is 10.2 Å². The molecular weight excluding hydrogens is 287 g/mol. The van der Waals surface area contributed by atoms with Crippen LogP contribution >= 0.6 is 11.8 Å². The Bertz CT molecular complexity index is 743. The van der Waals surface area contributed by atoms with Crippen molar-refractivity contribution in [2.24, 2.45) is 0 Å². The van der Waals surface area contributed by atoms with Crippen molar-refractivity contribution >= 4 is 17.4 Å². The lowest BCUT2D eigenvalue weighted by Gasteiger charge is -2.02. The molecule has 106 valence electrons. The number of aromatic nitrogens is 1. The van der Waals surface area contributed by atoms with Gasteiger partial charge in [-0.05, 0) is 18.2 Å². The molecule has 0 unspecified atom stereocenters. The Labute approximate surface area is 126 Å². The first-order chi connectivity index (χ1) is 10.2. The number of halogens is 1. The van der Waals surface area contributed by atoms with Gasteiger partial charge < -0.3 is 10.2 Å². The highest BCUT2D eigenvalue weighted by Crippen LogP contribution is 2.28. The van der Waals surface area contributed by atoms with E-state index in [0.29, 0.717) is 28.0 Å². The van der Waals surface area contributed by atoms with Crippen LogP contribution in [0.1, 0.15) is 5.89 Å². The molecule has 0 radical (unpaired) electrons. The van der Waals surface area contributed by atoms with Crippen LogP contribution in [0.15, 0.2) is 64.0 Å². The lowest BCUT2D eigenvalue weighted by molar-refractivity contribution is 0.529. The summed E-state index contributed by atoms with van der Waals surface area (Å²) in [5.74, 6) is 1.42. The first kappa shape index (κ1) is 13.7. The molecule has 1 heterocycles. The molecule has 0 bridgehead atoms. The number of oxazole rings is 1. The van der Waals surface area contributed by atoms with Crippen molar-refractivity contribution in [3.8, 4) is 11.3 Å². The first-order valence-corrected chi connectivity index (χ1v) is 7.39. The molecule has 1 aromatic heterocycles. The molecule has 2 aromatic carbocycles. The van der Waals surface area contributed by atoms with E-state index in [2.05, 4.69) is 4.98 Å². The molecule has 2 N–H and O–H groups in total. The molecule has 0 aliphatic rings. The minimum absolute atomic E-state index is 0.324. The Hall–Kier alpha value is -2.27. The van der Waals surface area contributed by atoms with Crippen LogP contribution in [0.2, 0.25) is 0 Å². The summed E-state index contributed by atoms with van der Waals surface area (Å²) in [5.41, 5.74) is 6.91. The Morgan fingerprint density at radius 2 is 1.95 bits per heavy atom. The second kappa shape index (κ2) is 6.01. The zero-order valence-electron chi connectivity index (χ0n) is 11.1. The lowest BCUT2D eigenvalue weighted by Crippen LogP contribution is -1.88. The molecule has 0 aliphatic carbocycles. The van der Waals surface area contributed by atoms with Gasteiger partial charge >= 0.3 is 0 Å². The number of hydrogen-bond donors (Lipinski definition) is 1. The molecule has 5 heteroatoms. The summed E-state index contributed by atoms with van der Waals surface area (Å²) in [6.45, 7) is 0. The number of thioether (sulfide) groups is 1. The van der Waals surface area contributed by atoms with Crippen molar-refractivity contribution < 1.29 is 8.81 Å². The topological polar surface area (TPSA) is 52.0 Å². The number of nitrogen functional groups attached to an aromatic ring is 1. The third kappa shape index (κ3) is 3.25. The monoisotopic (exact) mass is 300 g/mol. The van der Waals surface area contributed by atoms with Crippen LogP contribution in [0, 0.1) is 5.82 Å². The maximum absolute atomic E-state index is 13.7. The van der Waals surface area contributed by atoms with Crippen LogP contribution in [0.5, 0.6) is 0 Å². The number of rotatable bonds is 4. The SMILES string of the molecule is Nc1ccc(SCc2ncc(-c3ccccc3)o2)c(F)c1. The van der Waals surface area contributed by atoms with Gasteiger partial charge in [-0.25, -0.2) is 9.37 Å². The summed E-state index contributed by atoms with van der Waals surface area (Å²) in [6.07, 6.45) is 1.69. The molecule has 0 fully saturated rings. The van der Waals surface area contributed by atoms with Crippen molar-refractivity contribution in [3.05, 3.63) is 66.4 Å². The van der Waals surface area contributed by atoms with Crippen LogP contribution in [0.4, 0.5) is 10.1 Å². The van der Waals surface area contributed by atoms with Crippen LogP contribution < -0.4 is 5.73 Å². The number of nitrogens with zero attached hydrogens (tertiary/aromatic N) is 1. The van der Waals surface area contributed by atoms with Gasteiger partial charge in [-0.2, -0.15) is 0 Å². The van der Waals surface area contributed by atoms with E-state index in [9.17, 15) is 4.39 Å². The fraction of sp³-hybridized carbons (Fsp3) is 0.0625. The summed E-state index contributed by atoms with van der Waals surface area (Å²) >= 11 is 1.33. The highest BCUT2D eigenvalue weighted by molar-refractivity contribution is 7.98. The lowest BCUT2D eigenvalue weighted by atomic mass is 10.2. The second-order valence-electron chi connectivity index (χ2n) is 4.46. The van der Waals surface area contributed by atoms with Crippen LogP contribution in [-0.2, 0) is 5.75 Å². The molecule has 3 aromatic rings. The fourth-order valence-electron chi connectivity index (χ4n) is 1.89. The molecule has 0 aliphatic heterocycles. The van der Waals surface area contributed by atoms with Gasteiger partial charge in [-0.3, -0.25) is 0 Å². The normalized spacial score (nSPS) is 10.7. The van der Waals surface area contributed by atoms with E-state index in [-0.39, 0.29) is 5.82 Å². The molecular formula is C16H13FN2OS. The number of nitrogens with two attached hydrogens (primary N) is 1. The van der Waals surface area contributed by atoms with Gasteiger partial charge in [0.15, 0.2) is 5.76 Å². The summed E-state index contributed by atoms with van der Waals surface area (Å²) in [7, 11) is 0. The van der Waals surface area contributed by atoms with E-state index >= 15 is 0 Å². The summed E-state index contributed by atoms with van der Waals surface area (Å²) in [5, 5.41) is 0. The zero-order valence-corrected chi connectivity index (χ0v) is 11.9. The Morgan fingerprint density at radius 3 is 2.71 bits per heavy atom. The average Bonchev–Trinajstić information content (AvgIpc) is 2.96. The maximum atomic E-state index is 13.7. The van der Waals surface area contributed by atoms with Crippen LogP contribution in [-0.4, -0.2) is 4.98 Å². The zero-order chi connectivity index (χ0) is 14.7. The highest BCUT2D eigenvalue weighted by Gasteiger charge is 2.09. The van der Waals surface area contributed by atoms with Gasteiger partial charge in [0.05, 0.1) is 11.9 Å². The van der Waals surface area contributed by atoms with Gasteiger partial charge in [-0.15, -0.1) is 11.8 Å². The minimum atomic E-state index is -0.324. The first-order valence-electron chi connectivity index (χ1n) is 6.40. The van der Waals surface area contributed by atoms with Crippen molar-refractivity contribution in [2.45, 2.75) is 10.6 Å². The Morgan fingerprint density at radius 1 is 1.14 bits per heavy atom. The molecule has 21 heavy (non-hydrogen) atoms. The van der Waals surface area contributed by atoms with E-state index in [0.717, 1.165) is 5.56 Å².